The van der Waals surface area contributed by atoms with Crippen LogP contribution in [0.4, 0.5) is 0 Å². The second kappa shape index (κ2) is 0.503. The van der Waals surface area contributed by atoms with E-state index in [1.807, 2.05) is 6.07 Å². The van der Waals surface area contributed by atoms with Crippen LogP contribution in [0.3, 0.4) is 0 Å². The van der Waals surface area contributed by atoms with Crippen LogP contribution in [0, 0.1) is 29.1 Å². The van der Waals surface area contributed by atoms with Crippen LogP contribution in [0.25, 0.3) is 0 Å². The quantitative estimate of drug-likeness (QED) is 0.367. The molecule has 0 spiro atoms. The van der Waals surface area contributed by atoms with Gasteiger partial charge < -0.3 is 0 Å². The number of nitriles is 1. The van der Waals surface area contributed by atoms with E-state index in [1.165, 1.54) is 0 Å². The second-order valence-electron chi connectivity index (χ2n) is 0.851. The highest BCUT2D eigenvalue weighted by Gasteiger charge is 2.04. The van der Waals surface area contributed by atoms with Crippen molar-refractivity contribution < 1.29 is 0 Å². The fourth-order valence-corrected chi connectivity index (χ4v) is 0.106. The molecule has 1 rings (SSSR count). The molecule has 0 aliphatic heterocycles. The molecule has 0 aromatic rings. The molecule has 0 heterocycles. The van der Waals surface area contributed by atoms with E-state index in [-0.39, 0.29) is 5.92 Å². The average molecular weight is 63.1 g/mol. The standard InChI is InChI=1S/C4HN/c5-3-4-1-2-4/h4H. The van der Waals surface area contributed by atoms with Gasteiger partial charge in [0.1, 0.15) is 0 Å². The van der Waals surface area contributed by atoms with E-state index in [4.69, 9.17) is 5.26 Å². The summed E-state index contributed by atoms with van der Waals surface area (Å²) in [6, 6.07) is 1.92. The van der Waals surface area contributed by atoms with Crippen molar-refractivity contribution in [2.24, 2.45) is 5.92 Å². The fourth-order valence-electron chi connectivity index (χ4n) is 0.106. The summed E-state index contributed by atoms with van der Waals surface area (Å²) in [6.07, 6.45) is 0. The molecule has 1 heteroatoms. The van der Waals surface area contributed by atoms with E-state index >= 15 is 0 Å². The molecule has 0 saturated heterocycles. The van der Waals surface area contributed by atoms with Crippen LogP contribution in [0.15, 0.2) is 0 Å². The third-order valence-electron chi connectivity index (χ3n) is 0.418. The molecule has 5 heavy (non-hydrogen) atoms. The number of hydrogen-bond acceptors (Lipinski definition) is 1. The Morgan fingerprint density at radius 1 is 1.60 bits per heavy atom. The van der Waals surface area contributed by atoms with Gasteiger partial charge in [0.25, 0.3) is 0 Å². The highest BCUT2D eigenvalue weighted by Crippen LogP contribution is 1.98. The molecule has 1 nitrogen and oxygen atoms in total. The molecular formula is C4HN. The lowest BCUT2D eigenvalue weighted by Gasteiger charge is -1.54. The minimum Gasteiger partial charge on any atom is -0.196 e. The van der Waals surface area contributed by atoms with Crippen molar-refractivity contribution in [3.8, 4) is 17.9 Å². The van der Waals surface area contributed by atoms with Crippen LogP contribution in [-0.4, -0.2) is 0 Å². The molecule has 1 aliphatic rings. The first kappa shape index (κ1) is 2.30. The van der Waals surface area contributed by atoms with E-state index in [0.717, 1.165) is 0 Å². The molecule has 0 saturated carbocycles. The van der Waals surface area contributed by atoms with Gasteiger partial charge in [-0.2, -0.15) is 5.26 Å². The zero-order valence-corrected chi connectivity index (χ0v) is 2.52. The molecule has 0 fully saturated rings. The number of nitrogens with zero attached hydrogens (tertiary/aromatic N) is 1. The Kier molecular flexibility index (Phi) is 0.231. The Balaban J connectivity index is 2.40. The zero-order valence-electron chi connectivity index (χ0n) is 2.52. The summed E-state index contributed by atoms with van der Waals surface area (Å²) in [5.41, 5.74) is 0. The Morgan fingerprint density at radius 3 is 2.20 bits per heavy atom. The summed E-state index contributed by atoms with van der Waals surface area (Å²) >= 11 is 0. The number of hydrogen-bond donors (Lipinski definition) is 0. The summed E-state index contributed by atoms with van der Waals surface area (Å²) in [4.78, 5) is 0. The highest BCUT2D eigenvalue weighted by atomic mass is 14.3. The van der Waals surface area contributed by atoms with Gasteiger partial charge in [0.05, 0.1) is 6.07 Å². The molecule has 0 aromatic heterocycles. The SMILES string of the molecule is N#CC1C#C1. The lowest BCUT2D eigenvalue weighted by atomic mass is 10.4. The minimum absolute atomic E-state index is 0.0602. The van der Waals surface area contributed by atoms with Gasteiger partial charge in [-0.25, -0.2) is 0 Å². The van der Waals surface area contributed by atoms with Crippen molar-refractivity contribution in [2.45, 2.75) is 0 Å². The van der Waals surface area contributed by atoms with Crippen LogP contribution in [0.5, 0.6) is 0 Å². The first-order chi connectivity index (χ1) is 2.43. The van der Waals surface area contributed by atoms with Crippen LogP contribution in [0.1, 0.15) is 0 Å². The smallest absolute Gasteiger partial charge is 0.167 e. The molecule has 1 aliphatic carbocycles. The third-order valence-corrected chi connectivity index (χ3v) is 0.418. The number of rotatable bonds is 0. The Bertz CT molecular complexity index is 122. The first-order valence-corrected chi connectivity index (χ1v) is 1.34. The van der Waals surface area contributed by atoms with Crippen LogP contribution < -0.4 is 0 Å². The van der Waals surface area contributed by atoms with Crippen molar-refractivity contribution in [2.75, 3.05) is 0 Å². The van der Waals surface area contributed by atoms with Gasteiger partial charge in [-0.05, 0) is 0 Å². The third kappa shape index (κ3) is 0.205. The molecule has 0 radical (unpaired) electrons. The first-order valence-electron chi connectivity index (χ1n) is 1.34. The molecule has 22 valence electrons. The van der Waals surface area contributed by atoms with E-state index in [9.17, 15) is 0 Å². The van der Waals surface area contributed by atoms with Gasteiger partial charge in [0, 0.05) is 0 Å². The topological polar surface area (TPSA) is 23.8 Å². The fraction of sp³-hybridized carbons (Fsp3) is 0.250. The molecule has 0 unspecified atom stereocenters. The maximum atomic E-state index is 7.83. The maximum Gasteiger partial charge on any atom is 0.167 e. The zero-order chi connectivity index (χ0) is 3.70. The summed E-state index contributed by atoms with van der Waals surface area (Å²) in [5, 5.41) is 7.83. The van der Waals surface area contributed by atoms with E-state index in [0.29, 0.717) is 0 Å². The Labute approximate surface area is 30.2 Å². The van der Waals surface area contributed by atoms with Gasteiger partial charge in [0.2, 0.25) is 0 Å². The predicted octanol–water partition coefficient (Wildman–Crippen LogP) is 0.143. The van der Waals surface area contributed by atoms with Gasteiger partial charge in [-0.1, -0.05) is 11.8 Å². The maximum absolute atomic E-state index is 7.83. The van der Waals surface area contributed by atoms with Gasteiger partial charge in [-0.15, -0.1) is 0 Å². The van der Waals surface area contributed by atoms with Crippen molar-refractivity contribution in [3.05, 3.63) is 0 Å². The summed E-state index contributed by atoms with van der Waals surface area (Å²) in [7, 11) is 0. The van der Waals surface area contributed by atoms with Gasteiger partial charge in [-0.3, -0.25) is 0 Å². The predicted molar refractivity (Wildman–Crippen MR) is 16.9 cm³/mol. The monoisotopic (exact) mass is 63.0 g/mol. The highest BCUT2D eigenvalue weighted by molar-refractivity contribution is 5.37. The molecule has 0 bridgehead atoms. The molecule has 0 N–H and O–H groups in total. The molecule has 0 aromatic carbocycles. The Hall–Kier alpha value is -0.950. The van der Waals surface area contributed by atoms with Crippen molar-refractivity contribution in [1.29, 1.82) is 5.26 Å². The second-order valence-corrected chi connectivity index (χ2v) is 0.851. The largest absolute Gasteiger partial charge is 0.196 e. The van der Waals surface area contributed by atoms with Crippen molar-refractivity contribution in [3.63, 3.8) is 0 Å². The van der Waals surface area contributed by atoms with Crippen LogP contribution in [-0.2, 0) is 0 Å². The average Bonchev–Trinajstić information content (AvgIpc) is 2.12. The molecule has 0 atom stereocenters. The van der Waals surface area contributed by atoms with Crippen LogP contribution in [0.2, 0.25) is 0 Å². The van der Waals surface area contributed by atoms with E-state index in [1.54, 1.807) is 0 Å². The van der Waals surface area contributed by atoms with Crippen LogP contribution >= 0.6 is 0 Å². The normalized spacial score (nSPS) is 15.0. The molecular weight excluding hydrogens is 62.1 g/mol. The van der Waals surface area contributed by atoms with Crippen molar-refractivity contribution >= 4 is 0 Å². The van der Waals surface area contributed by atoms with E-state index < -0.39 is 0 Å². The summed E-state index contributed by atoms with van der Waals surface area (Å²) in [5.74, 6) is 5.09. The lowest BCUT2D eigenvalue weighted by molar-refractivity contribution is 1.27. The van der Waals surface area contributed by atoms with Gasteiger partial charge in [0.15, 0.2) is 5.92 Å². The summed E-state index contributed by atoms with van der Waals surface area (Å²) in [6.45, 7) is 0. The van der Waals surface area contributed by atoms with Gasteiger partial charge >= 0.3 is 0 Å². The minimum atomic E-state index is -0.0602. The summed E-state index contributed by atoms with van der Waals surface area (Å²) < 4.78 is 0. The van der Waals surface area contributed by atoms with Crippen molar-refractivity contribution in [1.82, 2.24) is 0 Å². The van der Waals surface area contributed by atoms with E-state index in [2.05, 4.69) is 11.8 Å². The molecule has 0 amide bonds. The Morgan fingerprint density at radius 2 is 2.20 bits per heavy atom. The lowest BCUT2D eigenvalue weighted by Crippen LogP contribution is -1.62.